The van der Waals surface area contributed by atoms with Crippen LogP contribution in [0.3, 0.4) is 0 Å². The van der Waals surface area contributed by atoms with Gasteiger partial charge in [0.25, 0.3) is 0 Å². The van der Waals surface area contributed by atoms with Crippen LogP contribution in [0.4, 0.5) is 0 Å². The largest absolute Gasteiger partial charge is 0.494 e. The van der Waals surface area contributed by atoms with Crippen LogP contribution in [0, 0.1) is 11.8 Å². The van der Waals surface area contributed by atoms with Gasteiger partial charge in [0.05, 0.1) is 6.61 Å². The van der Waals surface area contributed by atoms with E-state index in [1.165, 1.54) is 57.9 Å². The molecule has 4 rings (SSSR count). The molecule has 1 aliphatic rings. The lowest BCUT2D eigenvalue weighted by Gasteiger charge is -2.20. The Morgan fingerprint density at radius 1 is 0.969 bits per heavy atom. The third-order valence-corrected chi connectivity index (χ3v) is 6.69. The molecule has 1 heteroatoms. The van der Waals surface area contributed by atoms with E-state index in [9.17, 15) is 0 Å². The van der Waals surface area contributed by atoms with Gasteiger partial charge < -0.3 is 4.74 Å². The van der Waals surface area contributed by atoms with Crippen molar-refractivity contribution in [3.8, 4) is 5.75 Å². The minimum Gasteiger partial charge on any atom is -0.494 e. The van der Waals surface area contributed by atoms with Crippen LogP contribution >= 0.6 is 0 Å². The molecule has 0 fully saturated rings. The molecule has 0 amide bonds. The Bertz CT molecular complexity index is 1120. The van der Waals surface area contributed by atoms with Gasteiger partial charge in [-0.2, -0.15) is 0 Å². The molecule has 1 atom stereocenters. The van der Waals surface area contributed by atoms with E-state index in [0.29, 0.717) is 5.92 Å². The van der Waals surface area contributed by atoms with Crippen molar-refractivity contribution in [1.29, 1.82) is 0 Å². The first-order valence-electron chi connectivity index (χ1n) is 12.2. The summed E-state index contributed by atoms with van der Waals surface area (Å²) in [6.45, 7) is 11.8. The van der Waals surface area contributed by atoms with Gasteiger partial charge >= 0.3 is 0 Å². The summed E-state index contributed by atoms with van der Waals surface area (Å²) in [6.07, 6.45) is 10.3. The van der Waals surface area contributed by atoms with Crippen molar-refractivity contribution in [2.24, 2.45) is 11.8 Å². The smallest absolute Gasteiger partial charge is 0.119 e. The summed E-state index contributed by atoms with van der Waals surface area (Å²) in [5.41, 5.74) is 6.46. The molecule has 0 heterocycles. The summed E-state index contributed by atoms with van der Waals surface area (Å²) >= 11 is 0. The predicted molar refractivity (Wildman–Crippen MR) is 140 cm³/mol. The van der Waals surface area contributed by atoms with Gasteiger partial charge in [0, 0.05) is 0 Å². The number of hydrogen-bond donors (Lipinski definition) is 0. The maximum Gasteiger partial charge on any atom is 0.119 e. The van der Waals surface area contributed by atoms with Crippen LogP contribution < -0.4 is 4.74 Å². The molecule has 3 aromatic rings. The molecule has 0 bridgehead atoms. The van der Waals surface area contributed by atoms with Crippen LogP contribution in [-0.4, -0.2) is 6.61 Å². The van der Waals surface area contributed by atoms with Crippen molar-refractivity contribution >= 4 is 28.5 Å². The third kappa shape index (κ3) is 5.15. The number of ether oxygens (including phenoxy) is 1. The maximum absolute atomic E-state index is 6.16. The molecule has 1 nitrogen and oxygen atoms in total. The second-order valence-electron chi connectivity index (χ2n) is 9.73. The van der Waals surface area contributed by atoms with E-state index in [1.54, 1.807) is 0 Å². The van der Waals surface area contributed by atoms with Gasteiger partial charge in [-0.1, -0.05) is 95.2 Å². The highest BCUT2D eigenvalue weighted by atomic mass is 16.5. The monoisotopic (exact) mass is 424 g/mol. The average Bonchev–Trinajstić information content (AvgIpc) is 2.79. The van der Waals surface area contributed by atoms with Crippen LogP contribution in [0.15, 0.2) is 61.2 Å². The third-order valence-electron chi connectivity index (χ3n) is 6.69. The fourth-order valence-corrected chi connectivity index (χ4v) is 4.78. The summed E-state index contributed by atoms with van der Waals surface area (Å²) in [5.74, 6) is 2.49. The van der Waals surface area contributed by atoms with E-state index in [0.717, 1.165) is 31.1 Å². The van der Waals surface area contributed by atoms with E-state index in [-0.39, 0.29) is 0 Å². The number of allylic oxidation sites excluding steroid dienone is 1. The molecule has 0 aliphatic heterocycles. The maximum atomic E-state index is 6.16. The highest BCUT2D eigenvalue weighted by Gasteiger charge is 2.17. The molecule has 1 unspecified atom stereocenters. The Balaban J connectivity index is 1.47. The standard InChI is InChI=1S/C31H36O/c1-5-24-15-16-25-11-7-13-27-19-28(21-30(24)31(25)27)26-12-8-14-29(20-26)32-18-17-23(4)10-6-9-22(2)3/h5,7-8,11-16,20-23H,1,6,9-10,17-19H2,2-4H3. The molecular weight excluding hydrogens is 388 g/mol. The first kappa shape index (κ1) is 22.4. The second kappa shape index (κ2) is 10.2. The zero-order chi connectivity index (χ0) is 22.5. The van der Waals surface area contributed by atoms with E-state index >= 15 is 0 Å². The quantitative estimate of drug-likeness (QED) is 0.316. The lowest BCUT2D eigenvalue weighted by molar-refractivity contribution is 0.275. The van der Waals surface area contributed by atoms with E-state index in [4.69, 9.17) is 4.74 Å². The van der Waals surface area contributed by atoms with Crippen molar-refractivity contribution < 1.29 is 4.74 Å². The van der Waals surface area contributed by atoms with Gasteiger partial charge in [-0.3, -0.25) is 0 Å². The van der Waals surface area contributed by atoms with Crippen molar-refractivity contribution in [2.45, 2.75) is 52.9 Å². The Morgan fingerprint density at radius 3 is 2.62 bits per heavy atom. The minimum atomic E-state index is 0.715. The summed E-state index contributed by atoms with van der Waals surface area (Å²) in [7, 11) is 0. The number of rotatable bonds is 10. The molecule has 32 heavy (non-hydrogen) atoms. The Hall–Kier alpha value is -2.80. The molecule has 0 saturated heterocycles. The SMILES string of the molecule is C=Cc1ccc2cccc3c2c1C=C(c1cccc(OCCC(C)CCCC(C)C)c1)C3. The second-order valence-corrected chi connectivity index (χ2v) is 9.73. The van der Waals surface area contributed by atoms with E-state index in [2.05, 4.69) is 88.0 Å². The normalized spacial score (nSPS) is 13.8. The van der Waals surface area contributed by atoms with Crippen molar-refractivity contribution in [1.82, 2.24) is 0 Å². The molecule has 0 aromatic heterocycles. The summed E-state index contributed by atoms with van der Waals surface area (Å²) in [4.78, 5) is 0. The zero-order valence-corrected chi connectivity index (χ0v) is 19.9. The van der Waals surface area contributed by atoms with Crippen molar-refractivity contribution in [2.75, 3.05) is 6.61 Å². The first-order valence-corrected chi connectivity index (χ1v) is 12.2. The highest BCUT2D eigenvalue weighted by Crippen LogP contribution is 2.37. The van der Waals surface area contributed by atoms with E-state index < -0.39 is 0 Å². The molecule has 166 valence electrons. The molecule has 1 aliphatic carbocycles. The molecular formula is C31H36O. The molecule has 0 saturated carbocycles. The molecule has 0 spiro atoms. The van der Waals surface area contributed by atoms with Gasteiger partial charge in [-0.15, -0.1) is 0 Å². The summed E-state index contributed by atoms with van der Waals surface area (Å²) in [6, 6.07) is 19.6. The Morgan fingerprint density at radius 2 is 1.81 bits per heavy atom. The number of benzene rings is 3. The fraction of sp³-hybridized carbons (Fsp3) is 0.355. The van der Waals surface area contributed by atoms with Gasteiger partial charge in [0.15, 0.2) is 0 Å². The van der Waals surface area contributed by atoms with Crippen LogP contribution in [-0.2, 0) is 6.42 Å². The highest BCUT2D eigenvalue weighted by molar-refractivity contribution is 6.04. The lowest BCUT2D eigenvalue weighted by atomic mass is 9.84. The lowest BCUT2D eigenvalue weighted by Crippen LogP contribution is -2.05. The van der Waals surface area contributed by atoms with Crippen LogP contribution in [0.5, 0.6) is 5.75 Å². The average molecular weight is 425 g/mol. The van der Waals surface area contributed by atoms with Crippen LogP contribution in [0.1, 0.15) is 68.7 Å². The Labute approximate surface area is 193 Å². The van der Waals surface area contributed by atoms with Crippen molar-refractivity contribution in [3.05, 3.63) is 83.4 Å². The molecule has 0 N–H and O–H groups in total. The molecule has 0 radical (unpaired) electrons. The predicted octanol–water partition coefficient (Wildman–Crippen LogP) is 8.81. The number of hydrogen-bond acceptors (Lipinski definition) is 1. The van der Waals surface area contributed by atoms with Crippen LogP contribution in [0.2, 0.25) is 0 Å². The van der Waals surface area contributed by atoms with Gasteiger partial charge in [0.1, 0.15) is 5.75 Å². The summed E-state index contributed by atoms with van der Waals surface area (Å²) in [5, 5.41) is 2.67. The molecule has 3 aromatic carbocycles. The van der Waals surface area contributed by atoms with E-state index in [1.807, 2.05) is 6.08 Å². The summed E-state index contributed by atoms with van der Waals surface area (Å²) < 4.78 is 6.16. The van der Waals surface area contributed by atoms with Crippen LogP contribution in [0.25, 0.3) is 28.5 Å². The zero-order valence-electron chi connectivity index (χ0n) is 19.9. The van der Waals surface area contributed by atoms with Crippen molar-refractivity contribution in [3.63, 3.8) is 0 Å². The first-order chi connectivity index (χ1) is 15.5. The van der Waals surface area contributed by atoms with Gasteiger partial charge in [-0.05, 0) is 81.5 Å². The minimum absolute atomic E-state index is 0.715. The Kier molecular flexibility index (Phi) is 7.15. The topological polar surface area (TPSA) is 9.23 Å². The van der Waals surface area contributed by atoms with Gasteiger partial charge in [-0.25, -0.2) is 0 Å². The fourth-order valence-electron chi connectivity index (χ4n) is 4.78. The van der Waals surface area contributed by atoms with Gasteiger partial charge in [0.2, 0.25) is 0 Å².